The van der Waals surface area contributed by atoms with Crippen LogP contribution < -0.4 is 5.73 Å². The highest BCUT2D eigenvalue weighted by Gasteiger charge is 2.18. The van der Waals surface area contributed by atoms with Crippen molar-refractivity contribution in [1.29, 1.82) is 0 Å². The monoisotopic (exact) mass is 364 g/mol. The number of nitrogens with two attached hydrogens (primary N) is 1. The second-order valence-corrected chi connectivity index (χ2v) is 6.28. The number of nitrogens with one attached hydrogen (secondary N) is 1. The van der Waals surface area contributed by atoms with Gasteiger partial charge in [0.25, 0.3) is 0 Å². The Morgan fingerprint density at radius 1 is 1.19 bits per heavy atom. The highest BCUT2D eigenvalue weighted by Crippen LogP contribution is 2.29. The molecule has 9 heteroatoms. The van der Waals surface area contributed by atoms with Gasteiger partial charge in [-0.2, -0.15) is 15.3 Å². The molecular weight excluding hydrogens is 344 g/mol. The number of aromatic nitrogens is 7. The first-order valence-corrected chi connectivity index (χ1v) is 8.78. The van der Waals surface area contributed by atoms with E-state index >= 15 is 0 Å². The van der Waals surface area contributed by atoms with Gasteiger partial charge in [0, 0.05) is 29.6 Å². The van der Waals surface area contributed by atoms with Crippen LogP contribution in [0.15, 0.2) is 24.4 Å². The number of amides is 1. The summed E-state index contributed by atoms with van der Waals surface area (Å²) >= 11 is 0. The Balaban J connectivity index is 1.89. The minimum Gasteiger partial charge on any atom is -0.366 e. The maximum Gasteiger partial charge on any atom is 0.248 e. The van der Waals surface area contributed by atoms with Gasteiger partial charge in [0.15, 0.2) is 11.6 Å². The van der Waals surface area contributed by atoms with Crippen molar-refractivity contribution in [3.05, 3.63) is 35.7 Å². The van der Waals surface area contributed by atoms with E-state index in [1.54, 1.807) is 18.3 Å². The fourth-order valence-electron chi connectivity index (χ4n) is 3.23. The number of H-pyrrole nitrogens is 1. The summed E-state index contributed by atoms with van der Waals surface area (Å²) in [5.41, 5.74) is 9.23. The predicted molar refractivity (Wildman–Crippen MR) is 101 cm³/mol. The number of carbonyl (C=O) groups is 1. The van der Waals surface area contributed by atoms with Crippen LogP contribution in [0.25, 0.3) is 33.8 Å². The molecule has 0 atom stereocenters. The molecule has 3 N–H and O–H groups in total. The molecule has 9 nitrogen and oxygen atoms in total. The van der Waals surface area contributed by atoms with Gasteiger partial charge in [-0.1, -0.05) is 0 Å². The van der Waals surface area contributed by atoms with E-state index in [0.29, 0.717) is 23.8 Å². The summed E-state index contributed by atoms with van der Waals surface area (Å²) in [6, 6.07) is 5.42. The molecule has 0 aliphatic rings. The van der Waals surface area contributed by atoms with E-state index in [1.807, 2.05) is 36.2 Å². The van der Waals surface area contributed by atoms with Gasteiger partial charge in [-0.25, -0.2) is 4.98 Å². The molecule has 4 rings (SSSR count). The lowest BCUT2D eigenvalue weighted by Gasteiger charge is -2.05. The van der Waals surface area contributed by atoms with Crippen molar-refractivity contribution in [3.8, 4) is 22.9 Å². The molecule has 27 heavy (non-hydrogen) atoms. The second-order valence-electron chi connectivity index (χ2n) is 6.28. The number of carbonyl (C=O) groups excluding carboxylic acids is 1. The van der Waals surface area contributed by atoms with E-state index in [9.17, 15) is 4.79 Å². The lowest BCUT2D eigenvalue weighted by atomic mass is 10.0. The van der Waals surface area contributed by atoms with Crippen LogP contribution in [0.5, 0.6) is 0 Å². The van der Waals surface area contributed by atoms with Crippen molar-refractivity contribution in [2.45, 2.75) is 33.9 Å². The molecule has 0 unspecified atom stereocenters. The van der Waals surface area contributed by atoms with Gasteiger partial charge in [-0.3, -0.25) is 19.3 Å². The standard InChI is InChI=1S/C18H20N8O/c1-4-25-14-8-11(16(19)27)7-12(13(14)9-20-25)17-21-18(23-22-17)15-6-10(3)24-26(15)5-2/h6-9H,4-5H2,1-3H3,(H2,19,27)(H,21,22,23). The average molecular weight is 364 g/mol. The number of fused-ring (bicyclic) bond motifs is 1. The zero-order chi connectivity index (χ0) is 19.1. The minimum atomic E-state index is -0.499. The quantitative estimate of drug-likeness (QED) is 0.562. The first-order valence-electron chi connectivity index (χ1n) is 8.78. The largest absolute Gasteiger partial charge is 0.366 e. The summed E-state index contributed by atoms with van der Waals surface area (Å²) in [6.45, 7) is 7.34. The smallest absolute Gasteiger partial charge is 0.248 e. The Morgan fingerprint density at radius 2 is 1.96 bits per heavy atom. The highest BCUT2D eigenvalue weighted by atomic mass is 16.1. The van der Waals surface area contributed by atoms with Crippen molar-refractivity contribution >= 4 is 16.8 Å². The molecule has 0 saturated heterocycles. The first-order chi connectivity index (χ1) is 13.0. The maximum atomic E-state index is 11.8. The maximum absolute atomic E-state index is 11.8. The molecule has 0 aliphatic carbocycles. The fraction of sp³-hybridized carbons (Fsp3) is 0.278. The van der Waals surface area contributed by atoms with Gasteiger partial charge in [-0.05, 0) is 39.0 Å². The Bertz CT molecular complexity index is 1150. The lowest BCUT2D eigenvalue weighted by molar-refractivity contribution is 0.100. The van der Waals surface area contributed by atoms with Crippen molar-refractivity contribution in [2.24, 2.45) is 5.73 Å². The zero-order valence-electron chi connectivity index (χ0n) is 15.4. The fourth-order valence-corrected chi connectivity index (χ4v) is 3.23. The molecule has 0 bridgehead atoms. The van der Waals surface area contributed by atoms with Gasteiger partial charge in [0.05, 0.1) is 17.4 Å². The van der Waals surface area contributed by atoms with E-state index < -0.39 is 5.91 Å². The zero-order valence-corrected chi connectivity index (χ0v) is 15.4. The average Bonchev–Trinajstić information content (AvgIpc) is 3.37. The number of aryl methyl sites for hydroxylation is 3. The molecule has 1 amide bonds. The summed E-state index contributed by atoms with van der Waals surface area (Å²) in [4.78, 5) is 16.4. The first kappa shape index (κ1) is 17.0. The van der Waals surface area contributed by atoms with E-state index in [1.165, 1.54) is 0 Å². The Kier molecular flexibility index (Phi) is 3.98. The van der Waals surface area contributed by atoms with Crippen LogP contribution in [0.2, 0.25) is 0 Å². The number of benzene rings is 1. The minimum absolute atomic E-state index is 0.403. The van der Waals surface area contributed by atoms with Crippen LogP contribution in [-0.4, -0.2) is 40.6 Å². The number of hydrogen-bond donors (Lipinski definition) is 2. The van der Waals surface area contributed by atoms with E-state index in [-0.39, 0.29) is 0 Å². The summed E-state index contributed by atoms with van der Waals surface area (Å²) in [7, 11) is 0. The molecule has 4 aromatic rings. The Hall–Kier alpha value is -3.49. The van der Waals surface area contributed by atoms with Crippen LogP contribution in [0, 0.1) is 6.92 Å². The molecule has 3 heterocycles. The summed E-state index contributed by atoms with van der Waals surface area (Å²) in [5, 5.41) is 17.0. The number of nitrogens with zero attached hydrogens (tertiary/aromatic N) is 6. The van der Waals surface area contributed by atoms with E-state index in [2.05, 4.69) is 25.4 Å². The second kappa shape index (κ2) is 6.35. The summed E-state index contributed by atoms with van der Waals surface area (Å²) < 4.78 is 3.67. The van der Waals surface area contributed by atoms with Gasteiger partial charge in [0.1, 0.15) is 5.69 Å². The molecule has 0 aliphatic heterocycles. The third-order valence-corrected chi connectivity index (χ3v) is 4.52. The lowest BCUT2D eigenvalue weighted by Crippen LogP contribution is -2.11. The predicted octanol–water partition coefficient (Wildman–Crippen LogP) is 2.13. The number of rotatable bonds is 5. The van der Waals surface area contributed by atoms with Crippen molar-refractivity contribution in [1.82, 2.24) is 34.7 Å². The molecule has 0 fully saturated rings. The van der Waals surface area contributed by atoms with Crippen LogP contribution >= 0.6 is 0 Å². The van der Waals surface area contributed by atoms with Crippen molar-refractivity contribution in [3.63, 3.8) is 0 Å². The van der Waals surface area contributed by atoms with Gasteiger partial charge in [-0.15, -0.1) is 0 Å². The van der Waals surface area contributed by atoms with Crippen LogP contribution in [0.4, 0.5) is 0 Å². The number of primary amides is 1. The van der Waals surface area contributed by atoms with Crippen LogP contribution in [0.1, 0.15) is 29.9 Å². The summed E-state index contributed by atoms with van der Waals surface area (Å²) in [5.74, 6) is 0.602. The highest BCUT2D eigenvalue weighted by molar-refractivity contribution is 6.02. The third kappa shape index (κ3) is 2.77. The third-order valence-electron chi connectivity index (χ3n) is 4.52. The number of hydrogen-bond acceptors (Lipinski definition) is 5. The van der Waals surface area contributed by atoms with Gasteiger partial charge >= 0.3 is 0 Å². The van der Waals surface area contributed by atoms with E-state index in [0.717, 1.165) is 34.4 Å². The molecule has 0 radical (unpaired) electrons. The van der Waals surface area contributed by atoms with Crippen molar-refractivity contribution < 1.29 is 4.79 Å². The van der Waals surface area contributed by atoms with Crippen molar-refractivity contribution in [2.75, 3.05) is 0 Å². The molecule has 0 spiro atoms. The van der Waals surface area contributed by atoms with E-state index in [4.69, 9.17) is 5.73 Å². The Morgan fingerprint density at radius 3 is 2.67 bits per heavy atom. The molecule has 1 aromatic carbocycles. The molecule has 3 aromatic heterocycles. The summed E-state index contributed by atoms with van der Waals surface area (Å²) in [6.07, 6.45) is 1.77. The van der Waals surface area contributed by atoms with Crippen LogP contribution in [0.3, 0.4) is 0 Å². The van der Waals surface area contributed by atoms with Gasteiger partial charge in [0.2, 0.25) is 5.91 Å². The SMILES string of the molecule is CCn1nc(C)cc1-c1n[nH]c(-c2cc(C(N)=O)cc3c2cnn3CC)n1. The molecule has 138 valence electrons. The van der Waals surface area contributed by atoms with Crippen LogP contribution in [-0.2, 0) is 13.1 Å². The topological polar surface area (TPSA) is 120 Å². The van der Waals surface area contributed by atoms with Gasteiger partial charge < -0.3 is 5.73 Å². The Labute approximate surface area is 155 Å². The normalized spacial score (nSPS) is 11.4. The molecular formula is C18H20N8O. The molecule has 0 saturated carbocycles. The number of aromatic amines is 1.